The van der Waals surface area contributed by atoms with Crippen LogP contribution in [0.5, 0.6) is 0 Å². The van der Waals surface area contributed by atoms with Gasteiger partial charge in [-0.3, -0.25) is 4.79 Å². The van der Waals surface area contributed by atoms with E-state index in [0.717, 1.165) is 51.3 Å². The summed E-state index contributed by atoms with van der Waals surface area (Å²) in [5.41, 5.74) is 2.13. The smallest absolute Gasteiger partial charge is 0.227 e. The van der Waals surface area contributed by atoms with E-state index < -0.39 is 0 Å². The molecule has 2 aromatic rings. The van der Waals surface area contributed by atoms with Crippen molar-refractivity contribution >= 4 is 22.5 Å². The van der Waals surface area contributed by atoms with Gasteiger partial charge in [-0.1, -0.05) is 13.8 Å². The number of carbonyl (C=O) groups excluding carboxylic acids is 1. The van der Waals surface area contributed by atoms with Gasteiger partial charge in [-0.25, -0.2) is 0 Å². The van der Waals surface area contributed by atoms with Crippen LogP contribution in [0, 0.1) is 5.92 Å². The van der Waals surface area contributed by atoms with Crippen molar-refractivity contribution in [2.75, 3.05) is 31.5 Å². The molecule has 2 atom stereocenters. The van der Waals surface area contributed by atoms with Gasteiger partial charge in [0.05, 0.1) is 0 Å². The van der Waals surface area contributed by atoms with E-state index in [1.807, 2.05) is 6.07 Å². The van der Waals surface area contributed by atoms with Crippen LogP contribution in [0.2, 0.25) is 0 Å². The maximum absolute atomic E-state index is 12.5. The number of rotatable bonds is 7. The van der Waals surface area contributed by atoms with E-state index in [4.69, 9.17) is 0 Å². The van der Waals surface area contributed by atoms with Crippen molar-refractivity contribution in [1.29, 1.82) is 0 Å². The van der Waals surface area contributed by atoms with Gasteiger partial charge in [-0.2, -0.15) is 0 Å². The van der Waals surface area contributed by atoms with E-state index in [0.29, 0.717) is 6.04 Å². The van der Waals surface area contributed by atoms with E-state index >= 15 is 0 Å². The van der Waals surface area contributed by atoms with E-state index in [1.165, 1.54) is 10.9 Å². The molecule has 1 saturated heterocycles. The first kappa shape index (κ1) is 18.9. The van der Waals surface area contributed by atoms with E-state index in [1.54, 1.807) is 0 Å². The molecule has 142 valence electrons. The number of carbonyl (C=O) groups is 1. The van der Waals surface area contributed by atoms with Crippen LogP contribution in [-0.4, -0.2) is 47.6 Å². The van der Waals surface area contributed by atoms with Gasteiger partial charge in [0, 0.05) is 47.8 Å². The van der Waals surface area contributed by atoms with Gasteiger partial charge in [0.2, 0.25) is 5.91 Å². The summed E-state index contributed by atoms with van der Waals surface area (Å²) < 4.78 is 2.30. The minimum atomic E-state index is 0.112. The summed E-state index contributed by atoms with van der Waals surface area (Å²) in [5, 5.41) is 7.70. The molecule has 0 bridgehead atoms. The Hall–Kier alpha value is -1.85. The Balaban J connectivity index is 1.65. The molecule has 26 heavy (non-hydrogen) atoms. The van der Waals surface area contributed by atoms with Crippen molar-refractivity contribution in [2.24, 2.45) is 5.92 Å². The molecule has 0 aliphatic carbocycles. The number of likely N-dealkylation sites (N-methyl/N-ethyl adjacent to an activating group) is 1. The van der Waals surface area contributed by atoms with Crippen molar-refractivity contribution in [3.63, 3.8) is 0 Å². The summed E-state index contributed by atoms with van der Waals surface area (Å²) in [6, 6.07) is 8.80. The molecule has 1 amide bonds. The molecule has 1 aliphatic heterocycles. The second-order valence-corrected chi connectivity index (χ2v) is 7.38. The molecule has 2 N–H and O–H groups in total. The lowest BCUT2D eigenvalue weighted by Gasteiger charge is -2.27. The number of hydrogen-bond donors (Lipinski definition) is 2. The monoisotopic (exact) mass is 356 g/mol. The average molecular weight is 357 g/mol. The van der Waals surface area contributed by atoms with Crippen LogP contribution in [0.3, 0.4) is 0 Å². The first-order valence-corrected chi connectivity index (χ1v) is 9.96. The van der Waals surface area contributed by atoms with Gasteiger partial charge >= 0.3 is 0 Å². The molecule has 0 saturated carbocycles. The number of amides is 1. The van der Waals surface area contributed by atoms with Crippen LogP contribution >= 0.6 is 0 Å². The van der Waals surface area contributed by atoms with Crippen molar-refractivity contribution in [3.05, 3.63) is 30.5 Å². The van der Waals surface area contributed by atoms with Crippen LogP contribution in [0.15, 0.2) is 30.5 Å². The number of hydrogen-bond acceptors (Lipinski definition) is 3. The molecule has 1 aromatic heterocycles. The topological polar surface area (TPSA) is 49.3 Å². The zero-order valence-corrected chi connectivity index (χ0v) is 16.3. The summed E-state index contributed by atoms with van der Waals surface area (Å²) in [7, 11) is 0. The molecular formula is C21H32N4O. The van der Waals surface area contributed by atoms with Crippen LogP contribution < -0.4 is 10.6 Å². The third-order valence-electron chi connectivity index (χ3n) is 5.58. The molecule has 0 radical (unpaired) electrons. The highest BCUT2D eigenvalue weighted by atomic mass is 16.1. The maximum atomic E-state index is 12.5. The zero-order valence-electron chi connectivity index (χ0n) is 16.3. The Morgan fingerprint density at radius 1 is 1.31 bits per heavy atom. The Kier molecular flexibility index (Phi) is 6.33. The van der Waals surface area contributed by atoms with Gasteiger partial charge < -0.3 is 20.1 Å². The first-order valence-electron chi connectivity index (χ1n) is 9.96. The number of nitrogens with zero attached hydrogens (tertiary/aromatic N) is 2. The average Bonchev–Trinajstić information content (AvgIpc) is 3.05. The summed E-state index contributed by atoms with van der Waals surface area (Å²) >= 11 is 0. The Morgan fingerprint density at radius 2 is 2.12 bits per heavy atom. The van der Waals surface area contributed by atoms with E-state index in [2.05, 4.69) is 65.3 Å². The number of anilines is 1. The molecule has 3 rings (SSSR count). The minimum absolute atomic E-state index is 0.112. The number of fused-ring (bicyclic) bond motifs is 1. The van der Waals surface area contributed by atoms with Crippen molar-refractivity contribution in [3.8, 4) is 0 Å². The Morgan fingerprint density at radius 3 is 2.85 bits per heavy atom. The van der Waals surface area contributed by atoms with Crippen LogP contribution in [-0.2, 0) is 11.3 Å². The fourth-order valence-corrected chi connectivity index (χ4v) is 3.88. The number of piperidine rings is 1. The van der Waals surface area contributed by atoms with Crippen LogP contribution in [0.25, 0.3) is 10.9 Å². The highest BCUT2D eigenvalue weighted by Gasteiger charge is 2.24. The Labute approximate surface area is 156 Å². The number of aromatic nitrogens is 1. The molecular weight excluding hydrogens is 324 g/mol. The van der Waals surface area contributed by atoms with Crippen molar-refractivity contribution < 1.29 is 4.79 Å². The minimum Gasteiger partial charge on any atom is -0.346 e. The van der Waals surface area contributed by atoms with Gasteiger partial charge in [-0.15, -0.1) is 0 Å². The molecule has 2 heterocycles. The molecule has 5 heteroatoms. The molecule has 1 fully saturated rings. The highest BCUT2D eigenvalue weighted by Crippen LogP contribution is 2.23. The fourth-order valence-electron chi connectivity index (χ4n) is 3.88. The lowest BCUT2D eigenvalue weighted by Crippen LogP contribution is -2.40. The van der Waals surface area contributed by atoms with Gasteiger partial charge in [0.15, 0.2) is 0 Å². The van der Waals surface area contributed by atoms with Gasteiger partial charge in [0.25, 0.3) is 0 Å². The van der Waals surface area contributed by atoms with Crippen molar-refractivity contribution in [1.82, 2.24) is 14.8 Å². The summed E-state index contributed by atoms with van der Waals surface area (Å²) in [4.78, 5) is 15.0. The number of benzene rings is 1. The molecule has 0 unspecified atom stereocenters. The highest BCUT2D eigenvalue weighted by molar-refractivity contribution is 5.95. The predicted octanol–water partition coefficient (Wildman–Crippen LogP) is 3.31. The summed E-state index contributed by atoms with van der Waals surface area (Å²) in [6.45, 7) is 11.7. The lowest BCUT2D eigenvalue weighted by atomic mass is 9.92. The van der Waals surface area contributed by atoms with E-state index in [9.17, 15) is 4.79 Å². The predicted molar refractivity (Wildman–Crippen MR) is 109 cm³/mol. The standard InChI is InChI=1S/C21H32N4O/c1-4-24(5-2)12-13-25-11-9-17-15-19(6-7-20(17)25)23-21(26)18-8-10-22-16(3)14-18/h6-7,9,11,15-16,18,22H,4-5,8,10,12-14H2,1-3H3,(H,23,26)/t16-,18-/m0/s1. The summed E-state index contributed by atoms with van der Waals surface area (Å²) in [5.74, 6) is 0.263. The van der Waals surface area contributed by atoms with Gasteiger partial charge in [-0.05, 0) is 63.7 Å². The number of nitrogens with one attached hydrogen (secondary N) is 2. The van der Waals surface area contributed by atoms with Crippen LogP contribution in [0.4, 0.5) is 5.69 Å². The molecule has 5 nitrogen and oxygen atoms in total. The molecule has 0 spiro atoms. The normalized spacial score (nSPS) is 20.6. The lowest BCUT2D eigenvalue weighted by molar-refractivity contribution is -0.120. The van der Waals surface area contributed by atoms with E-state index in [-0.39, 0.29) is 11.8 Å². The molecule has 1 aliphatic rings. The largest absolute Gasteiger partial charge is 0.346 e. The second kappa shape index (κ2) is 8.69. The zero-order chi connectivity index (χ0) is 18.5. The van der Waals surface area contributed by atoms with Crippen LogP contribution in [0.1, 0.15) is 33.6 Å². The second-order valence-electron chi connectivity index (χ2n) is 7.38. The fraction of sp³-hybridized carbons (Fsp3) is 0.571. The molecule has 1 aromatic carbocycles. The SMILES string of the molecule is CCN(CC)CCn1ccc2cc(NC(=O)[C@H]3CCN[C@@H](C)C3)ccc21. The van der Waals surface area contributed by atoms with Gasteiger partial charge in [0.1, 0.15) is 0 Å². The first-order chi connectivity index (χ1) is 12.6. The third kappa shape index (κ3) is 4.46. The summed E-state index contributed by atoms with van der Waals surface area (Å²) in [6.07, 6.45) is 3.98. The Bertz CT molecular complexity index is 735. The quantitative estimate of drug-likeness (QED) is 0.800. The third-order valence-corrected chi connectivity index (χ3v) is 5.58. The van der Waals surface area contributed by atoms with Crippen molar-refractivity contribution in [2.45, 2.75) is 46.2 Å². The maximum Gasteiger partial charge on any atom is 0.227 e.